The normalized spacial score (nSPS) is 15.8. The van der Waals surface area contributed by atoms with E-state index >= 15 is 0 Å². The van der Waals surface area contributed by atoms with Gasteiger partial charge in [-0.05, 0) is 49.6 Å². The van der Waals surface area contributed by atoms with Gasteiger partial charge in [0, 0.05) is 43.6 Å². The third-order valence-corrected chi connectivity index (χ3v) is 5.81. The molecule has 33 heavy (non-hydrogen) atoms. The van der Waals surface area contributed by atoms with Gasteiger partial charge in [0.1, 0.15) is 11.6 Å². The van der Waals surface area contributed by atoms with Gasteiger partial charge < -0.3 is 10.2 Å². The second-order valence-corrected chi connectivity index (χ2v) is 8.21. The highest BCUT2D eigenvalue weighted by Gasteiger charge is 2.27. The van der Waals surface area contributed by atoms with Crippen molar-refractivity contribution in [2.24, 2.45) is 0 Å². The molecule has 8 heteroatoms. The molecular formula is C25H26FN5O2. The lowest BCUT2D eigenvalue weighted by molar-refractivity contribution is -0.131. The second kappa shape index (κ2) is 10.3. The van der Waals surface area contributed by atoms with Crippen LogP contribution in [0.15, 0.2) is 54.9 Å². The van der Waals surface area contributed by atoms with E-state index in [1.54, 1.807) is 31.5 Å². The summed E-state index contributed by atoms with van der Waals surface area (Å²) in [6.07, 6.45) is 5.28. The molecule has 170 valence electrons. The van der Waals surface area contributed by atoms with Crippen molar-refractivity contribution >= 4 is 11.8 Å². The number of nitrogens with zero attached hydrogens (tertiary/aromatic N) is 4. The third-order valence-electron chi connectivity index (χ3n) is 5.81. The molecule has 1 aromatic carbocycles. The predicted molar refractivity (Wildman–Crippen MR) is 121 cm³/mol. The van der Waals surface area contributed by atoms with E-state index in [9.17, 15) is 14.0 Å². The van der Waals surface area contributed by atoms with Crippen LogP contribution in [-0.2, 0) is 17.8 Å². The summed E-state index contributed by atoms with van der Waals surface area (Å²) in [5.74, 6) is 0.134. The predicted octanol–water partition coefficient (Wildman–Crippen LogP) is 3.20. The van der Waals surface area contributed by atoms with Crippen LogP contribution in [0.1, 0.15) is 51.9 Å². The number of hydrogen-bond acceptors (Lipinski definition) is 5. The van der Waals surface area contributed by atoms with Crippen molar-refractivity contribution in [3.8, 4) is 0 Å². The molecule has 1 aliphatic rings. The second-order valence-electron chi connectivity index (χ2n) is 8.21. The Morgan fingerprint density at radius 2 is 1.97 bits per heavy atom. The van der Waals surface area contributed by atoms with Gasteiger partial charge >= 0.3 is 0 Å². The summed E-state index contributed by atoms with van der Waals surface area (Å²) in [4.78, 5) is 40.5. The Hall–Kier alpha value is -3.68. The largest absolute Gasteiger partial charge is 0.348 e. The molecule has 0 bridgehead atoms. The Bertz CT molecular complexity index is 1120. The van der Waals surface area contributed by atoms with Crippen molar-refractivity contribution in [2.75, 3.05) is 13.1 Å². The fourth-order valence-electron chi connectivity index (χ4n) is 3.97. The first-order valence-electron chi connectivity index (χ1n) is 11.0. The van der Waals surface area contributed by atoms with Crippen LogP contribution in [0.3, 0.4) is 0 Å². The van der Waals surface area contributed by atoms with Gasteiger partial charge in [0.25, 0.3) is 5.91 Å². The lowest BCUT2D eigenvalue weighted by Gasteiger charge is -2.32. The Labute approximate surface area is 192 Å². The number of aromatic nitrogens is 3. The standard InChI is InChI=1S/C25H26FN5O2/c1-17-22(25(33)29-14-18-7-9-20(26)10-8-18)15-28-24(30-17)19-5-4-12-31(16-19)23(32)13-21-6-2-3-11-27-21/h2-3,6-11,15,19H,4-5,12-14,16H2,1H3,(H,29,33)/t19-/m1/s1. The number of benzene rings is 1. The summed E-state index contributed by atoms with van der Waals surface area (Å²) in [7, 11) is 0. The molecule has 1 saturated heterocycles. The molecule has 7 nitrogen and oxygen atoms in total. The quantitative estimate of drug-likeness (QED) is 0.627. The maximum atomic E-state index is 13.0. The highest BCUT2D eigenvalue weighted by molar-refractivity contribution is 5.94. The molecule has 0 saturated carbocycles. The van der Waals surface area contributed by atoms with Gasteiger partial charge in [0.15, 0.2) is 0 Å². The average Bonchev–Trinajstić information content (AvgIpc) is 2.84. The summed E-state index contributed by atoms with van der Waals surface area (Å²) >= 11 is 0. The number of amides is 2. The van der Waals surface area contributed by atoms with Crippen LogP contribution in [0, 0.1) is 12.7 Å². The number of hydrogen-bond donors (Lipinski definition) is 1. The maximum absolute atomic E-state index is 13.0. The van der Waals surface area contributed by atoms with E-state index in [1.165, 1.54) is 12.1 Å². The summed E-state index contributed by atoms with van der Waals surface area (Å²) in [6, 6.07) is 11.5. The van der Waals surface area contributed by atoms with Crippen LogP contribution in [-0.4, -0.2) is 44.8 Å². The lowest BCUT2D eigenvalue weighted by atomic mass is 9.96. The van der Waals surface area contributed by atoms with E-state index in [-0.39, 0.29) is 36.5 Å². The summed E-state index contributed by atoms with van der Waals surface area (Å²) in [6.45, 7) is 3.34. The van der Waals surface area contributed by atoms with E-state index in [4.69, 9.17) is 0 Å². The lowest BCUT2D eigenvalue weighted by Crippen LogP contribution is -2.40. The Balaban J connectivity index is 1.37. The van der Waals surface area contributed by atoms with E-state index in [1.807, 2.05) is 23.1 Å². The highest BCUT2D eigenvalue weighted by Crippen LogP contribution is 2.25. The number of piperidine rings is 1. The molecule has 2 aromatic heterocycles. The van der Waals surface area contributed by atoms with Crippen molar-refractivity contribution in [2.45, 2.75) is 38.6 Å². The molecular weight excluding hydrogens is 421 g/mol. The Kier molecular flexibility index (Phi) is 7.02. The van der Waals surface area contributed by atoms with Crippen LogP contribution in [0.25, 0.3) is 0 Å². The fourth-order valence-corrected chi connectivity index (χ4v) is 3.97. The van der Waals surface area contributed by atoms with Gasteiger partial charge in [-0.3, -0.25) is 14.6 Å². The molecule has 3 heterocycles. The Morgan fingerprint density at radius 1 is 1.15 bits per heavy atom. The van der Waals surface area contributed by atoms with Crippen LogP contribution in [0.4, 0.5) is 4.39 Å². The minimum Gasteiger partial charge on any atom is -0.348 e. The van der Waals surface area contributed by atoms with Crippen LogP contribution >= 0.6 is 0 Å². The summed E-state index contributed by atoms with van der Waals surface area (Å²) in [5.41, 5.74) is 2.55. The molecule has 2 amide bonds. The molecule has 1 aliphatic heterocycles. The van der Waals surface area contributed by atoms with Gasteiger partial charge in [-0.15, -0.1) is 0 Å². The van der Waals surface area contributed by atoms with E-state index in [2.05, 4.69) is 20.3 Å². The van der Waals surface area contributed by atoms with E-state index < -0.39 is 0 Å². The van der Waals surface area contributed by atoms with Crippen molar-refractivity contribution < 1.29 is 14.0 Å². The Morgan fingerprint density at radius 3 is 2.70 bits per heavy atom. The molecule has 4 rings (SSSR count). The maximum Gasteiger partial charge on any atom is 0.254 e. The van der Waals surface area contributed by atoms with Crippen molar-refractivity contribution in [3.63, 3.8) is 0 Å². The van der Waals surface area contributed by atoms with E-state index in [0.717, 1.165) is 24.1 Å². The monoisotopic (exact) mass is 447 g/mol. The molecule has 0 radical (unpaired) electrons. The molecule has 1 fully saturated rings. The molecule has 1 N–H and O–H groups in total. The zero-order valence-electron chi connectivity index (χ0n) is 18.5. The number of pyridine rings is 1. The first-order chi connectivity index (χ1) is 16.0. The van der Waals surface area contributed by atoms with Gasteiger partial charge in [0.05, 0.1) is 17.7 Å². The van der Waals surface area contributed by atoms with Crippen LogP contribution in [0.5, 0.6) is 0 Å². The number of nitrogens with one attached hydrogen (secondary N) is 1. The molecule has 1 atom stereocenters. The number of carbonyl (C=O) groups excluding carboxylic acids is 2. The SMILES string of the molecule is Cc1nc([C@@H]2CCCN(C(=O)Cc3ccccn3)C2)ncc1C(=O)NCc1ccc(F)cc1. The van der Waals surface area contributed by atoms with Crippen molar-refractivity contribution in [3.05, 3.63) is 89.0 Å². The average molecular weight is 448 g/mol. The van der Waals surface area contributed by atoms with E-state index in [0.29, 0.717) is 30.2 Å². The minimum absolute atomic E-state index is 0.0291. The zero-order chi connectivity index (χ0) is 23.2. The molecule has 0 aliphatic carbocycles. The van der Waals surface area contributed by atoms with Gasteiger partial charge in [-0.1, -0.05) is 18.2 Å². The molecule has 0 spiro atoms. The highest BCUT2D eigenvalue weighted by atomic mass is 19.1. The first kappa shape index (κ1) is 22.5. The number of aryl methyl sites for hydroxylation is 1. The molecule has 0 unspecified atom stereocenters. The van der Waals surface area contributed by atoms with Gasteiger partial charge in [-0.25, -0.2) is 14.4 Å². The smallest absolute Gasteiger partial charge is 0.254 e. The topological polar surface area (TPSA) is 88.1 Å². The zero-order valence-corrected chi connectivity index (χ0v) is 18.5. The van der Waals surface area contributed by atoms with Crippen LogP contribution < -0.4 is 5.32 Å². The van der Waals surface area contributed by atoms with Gasteiger partial charge in [0.2, 0.25) is 5.91 Å². The van der Waals surface area contributed by atoms with Crippen molar-refractivity contribution in [1.82, 2.24) is 25.2 Å². The van der Waals surface area contributed by atoms with Crippen LogP contribution in [0.2, 0.25) is 0 Å². The first-order valence-corrected chi connectivity index (χ1v) is 11.0. The number of carbonyl (C=O) groups is 2. The third kappa shape index (κ3) is 5.77. The molecule has 3 aromatic rings. The fraction of sp³-hybridized carbons (Fsp3) is 0.320. The minimum atomic E-state index is -0.315. The van der Waals surface area contributed by atoms with Gasteiger partial charge in [-0.2, -0.15) is 0 Å². The number of rotatable bonds is 6. The summed E-state index contributed by atoms with van der Waals surface area (Å²) < 4.78 is 13.0. The number of halogens is 1. The number of likely N-dealkylation sites (tertiary alicyclic amines) is 1. The summed E-state index contributed by atoms with van der Waals surface area (Å²) in [5, 5.41) is 2.82. The van der Waals surface area contributed by atoms with Crippen molar-refractivity contribution in [1.29, 1.82) is 0 Å².